The van der Waals surface area contributed by atoms with Crippen LogP contribution in [0.3, 0.4) is 0 Å². The van der Waals surface area contributed by atoms with Crippen molar-refractivity contribution in [1.29, 1.82) is 0 Å². The predicted octanol–water partition coefficient (Wildman–Crippen LogP) is 1.62. The van der Waals surface area contributed by atoms with E-state index >= 15 is 0 Å². The molecule has 0 spiro atoms. The fourth-order valence-electron chi connectivity index (χ4n) is 2.74. The van der Waals surface area contributed by atoms with Crippen LogP contribution in [0.1, 0.15) is 10.4 Å². The van der Waals surface area contributed by atoms with Crippen molar-refractivity contribution in [1.82, 2.24) is 4.31 Å². The van der Waals surface area contributed by atoms with E-state index in [0.29, 0.717) is 43.2 Å². The Morgan fingerprint density at radius 3 is 2.32 bits per heavy atom. The van der Waals surface area contributed by atoms with E-state index in [1.54, 1.807) is 36.4 Å². The highest BCUT2D eigenvalue weighted by atomic mass is 32.2. The fraction of sp³-hybridized carbons (Fsp3) is 0.222. The third-order valence-corrected chi connectivity index (χ3v) is 6.28. The first-order valence-electron chi connectivity index (χ1n) is 8.53. The summed E-state index contributed by atoms with van der Waals surface area (Å²) in [5.41, 5.74) is 6.76. The van der Waals surface area contributed by atoms with Crippen molar-refractivity contribution < 1.29 is 17.9 Å². The number of para-hydroxylation sites is 1. The van der Waals surface area contributed by atoms with E-state index in [4.69, 9.17) is 22.7 Å². The molecule has 1 aliphatic heterocycles. The number of hydrogen-bond donors (Lipinski definition) is 3. The number of hydrogen-bond acceptors (Lipinski definition) is 5. The van der Waals surface area contributed by atoms with Crippen LogP contribution in [0, 0.1) is 0 Å². The minimum absolute atomic E-state index is 0.206. The maximum Gasteiger partial charge on any atom is 0.250 e. The second-order valence-corrected chi connectivity index (χ2v) is 8.38. The Morgan fingerprint density at radius 1 is 1.04 bits per heavy atom. The normalized spacial score (nSPS) is 15.0. The summed E-state index contributed by atoms with van der Waals surface area (Å²) in [6.45, 7) is 1.47. The van der Waals surface area contributed by atoms with Crippen LogP contribution in [0.2, 0.25) is 0 Å². The molecule has 1 fully saturated rings. The number of nitrogens with two attached hydrogens (primary N) is 1. The van der Waals surface area contributed by atoms with Gasteiger partial charge in [-0.3, -0.25) is 4.79 Å². The van der Waals surface area contributed by atoms with Crippen LogP contribution in [0.25, 0.3) is 0 Å². The zero-order valence-electron chi connectivity index (χ0n) is 14.9. The molecule has 4 N–H and O–H groups in total. The standard InChI is InChI=1S/C18H20N4O4S2/c19-17(23)15-3-1-2-4-16(15)21-18(27)20-13-5-7-14(8-6-13)28(24,25)22-9-11-26-12-10-22/h1-8H,9-12H2,(H2,19,23)(H2,20,21,27). The lowest BCUT2D eigenvalue weighted by Gasteiger charge is -2.26. The van der Waals surface area contributed by atoms with E-state index in [2.05, 4.69) is 10.6 Å². The van der Waals surface area contributed by atoms with Gasteiger partial charge in [0.15, 0.2) is 5.11 Å². The summed E-state index contributed by atoms with van der Waals surface area (Å²) >= 11 is 5.26. The van der Waals surface area contributed by atoms with Crippen LogP contribution in [0.4, 0.5) is 11.4 Å². The molecule has 148 valence electrons. The molecule has 3 rings (SSSR count). The van der Waals surface area contributed by atoms with Crippen molar-refractivity contribution in [2.75, 3.05) is 36.9 Å². The van der Waals surface area contributed by atoms with Crippen molar-refractivity contribution >= 4 is 44.6 Å². The molecule has 0 saturated carbocycles. The highest BCUT2D eigenvalue weighted by Crippen LogP contribution is 2.20. The highest BCUT2D eigenvalue weighted by molar-refractivity contribution is 7.89. The van der Waals surface area contributed by atoms with Gasteiger partial charge in [-0.2, -0.15) is 4.31 Å². The number of ether oxygens (including phenoxy) is 1. The summed E-state index contributed by atoms with van der Waals surface area (Å²) in [5, 5.41) is 6.12. The Hall–Kier alpha value is -2.53. The van der Waals surface area contributed by atoms with Crippen molar-refractivity contribution in [2.24, 2.45) is 5.73 Å². The average Bonchev–Trinajstić information content (AvgIpc) is 2.69. The quantitative estimate of drug-likeness (QED) is 0.630. The average molecular weight is 421 g/mol. The Morgan fingerprint density at radius 2 is 1.68 bits per heavy atom. The molecule has 1 heterocycles. The summed E-state index contributed by atoms with van der Waals surface area (Å²) in [7, 11) is -3.55. The second kappa shape index (κ2) is 8.65. The Bertz CT molecular complexity index is 971. The smallest absolute Gasteiger partial charge is 0.250 e. The Kier molecular flexibility index (Phi) is 6.25. The molecule has 28 heavy (non-hydrogen) atoms. The van der Waals surface area contributed by atoms with Crippen molar-refractivity contribution in [3.8, 4) is 0 Å². The summed E-state index contributed by atoms with van der Waals surface area (Å²) in [4.78, 5) is 11.7. The minimum Gasteiger partial charge on any atom is -0.379 e. The molecule has 0 radical (unpaired) electrons. The summed E-state index contributed by atoms with van der Waals surface area (Å²) < 4.78 is 31.9. The summed E-state index contributed by atoms with van der Waals surface area (Å²) in [6.07, 6.45) is 0. The molecule has 2 aromatic carbocycles. The van der Waals surface area contributed by atoms with Crippen molar-refractivity contribution in [2.45, 2.75) is 4.90 Å². The molecular weight excluding hydrogens is 400 g/mol. The molecule has 0 unspecified atom stereocenters. The molecule has 8 nitrogen and oxygen atoms in total. The van der Waals surface area contributed by atoms with Crippen LogP contribution in [0.5, 0.6) is 0 Å². The van der Waals surface area contributed by atoms with Gasteiger partial charge in [0.2, 0.25) is 10.0 Å². The number of morpholine rings is 1. The Balaban J connectivity index is 1.67. The molecule has 0 aliphatic carbocycles. The van der Waals surface area contributed by atoms with Gasteiger partial charge in [-0.15, -0.1) is 0 Å². The zero-order chi connectivity index (χ0) is 20.1. The number of carbonyl (C=O) groups is 1. The lowest BCUT2D eigenvalue weighted by Crippen LogP contribution is -2.40. The van der Waals surface area contributed by atoms with Gasteiger partial charge >= 0.3 is 0 Å². The van der Waals surface area contributed by atoms with Gasteiger partial charge in [0.25, 0.3) is 5.91 Å². The van der Waals surface area contributed by atoms with E-state index in [0.717, 1.165) is 0 Å². The van der Waals surface area contributed by atoms with Gasteiger partial charge in [-0.05, 0) is 48.6 Å². The number of rotatable bonds is 5. The maximum atomic E-state index is 12.6. The van der Waals surface area contributed by atoms with Crippen LogP contribution in [0.15, 0.2) is 53.4 Å². The third kappa shape index (κ3) is 4.65. The summed E-state index contributed by atoms with van der Waals surface area (Å²) in [6, 6.07) is 13.0. The first-order valence-corrected chi connectivity index (χ1v) is 10.4. The third-order valence-electron chi connectivity index (χ3n) is 4.16. The van der Waals surface area contributed by atoms with Crippen LogP contribution < -0.4 is 16.4 Å². The zero-order valence-corrected chi connectivity index (χ0v) is 16.6. The van der Waals surface area contributed by atoms with Gasteiger partial charge in [-0.1, -0.05) is 12.1 Å². The lowest BCUT2D eigenvalue weighted by molar-refractivity contribution is 0.0730. The van der Waals surface area contributed by atoms with Crippen molar-refractivity contribution in [3.63, 3.8) is 0 Å². The van der Waals surface area contributed by atoms with Crippen LogP contribution in [-0.2, 0) is 14.8 Å². The van der Waals surface area contributed by atoms with Crippen molar-refractivity contribution in [3.05, 3.63) is 54.1 Å². The number of sulfonamides is 1. The molecule has 2 aromatic rings. The van der Waals surface area contributed by atoms with Gasteiger partial charge in [0.1, 0.15) is 0 Å². The molecule has 1 saturated heterocycles. The second-order valence-electron chi connectivity index (χ2n) is 6.03. The minimum atomic E-state index is -3.55. The van der Waals surface area contributed by atoms with Crippen LogP contribution in [-0.4, -0.2) is 50.0 Å². The molecule has 1 amide bonds. The predicted molar refractivity (Wildman–Crippen MR) is 111 cm³/mol. The highest BCUT2D eigenvalue weighted by Gasteiger charge is 2.26. The first kappa shape index (κ1) is 20.2. The van der Waals surface area contributed by atoms with E-state index in [-0.39, 0.29) is 10.0 Å². The number of benzene rings is 2. The number of anilines is 2. The van der Waals surface area contributed by atoms with Gasteiger partial charge in [-0.25, -0.2) is 8.42 Å². The lowest BCUT2D eigenvalue weighted by atomic mass is 10.1. The van der Waals surface area contributed by atoms with Gasteiger partial charge < -0.3 is 21.1 Å². The SMILES string of the molecule is NC(=O)c1ccccc1NC(=S)Nc1ccc(S(=O)(=O)N2CCOCC2)cc1. The van der Waals surface area contributed by atoms with Gasteiger partial charge in [0, 0.05) is 18.8 Å². The molecule has 0 bridgehead atoms. The number of nitrogens with zero attached hydrogens (tertiary/aromatic N) is 1. The largest absolute Gasteiger partial charge is 0.379 e. The van der Waals surface area contributed by atoms with Crippen LogP contribution >= 0.6 is 12.2 Å². The number of nitrogens with one attached hydrogen (secondary N) is 2. The van der Waals surface area contributed by atoms with E-state index in [9.17, 15) is 13.2 Å². The molecule has 0 aromatic heterocycles. The number of amides is 1. The molecule has 1 aliphatic rings. The molecule has 10 heteroatoms. The van der Waals surface area contributed by atoms with E-state index in [1.807, 2.05) is 0 Å². The summed E-state index contributed by atoms with van der Waals surface area (Å²) in [5.74, 6) is -0.566. The number of primary amides is 1. The van der Waals surface area contributed by atoms with E-state index < -0.39 is 15.9 Å². The van der Waals surface area contributed by atoms with E-state index in [1.165, 1.54) is 16.4 Å². The topological polar surface area (TPSA) is 114 Å². The maximum absolute atomic E-state index is 12.6. The number of thiocarbonyl (C=S) groups is 1. The fourth-order valence-corrected chi connectivity index (χ4v) is 4.37. The first-order chi connectivity index (χ1) is 13.4. The number of carbonyl (C=O) groups excluding carboxylic acids is 1. The molecule has 0 atom stereocenters. The molecular formula is C18H20N4O4S2. The Labute approximate surface area is 168 Å². The monoisotopic (exact) mass is 420 g/mol. The van der Waals surface area contributed by atoms with Gasteiger partial charge in [0.05, 0.1) is 29.4 Å².